The number of aryl methyl sites for hydroxylation is 1. The molecular weight excluding hydrogens is 212 g/mol. The quantitative estimate of drug-likeness (QED) is 0.845. The Morgan fingerprint density at radius 3 is 3.18 bits per heavy atom. The topological polar surface area (TPSA) is 45.0 Å². The summed E-state index contributed by atoms with van der Waals surface area (Å²) in [6.45, 7) is 3.37. The predicted molar refractivity (Wildman–Crippen MR) is 66.9 cm³/mol. The minimum absolute atomic E-state index is 0.121. The van der Waals surface area contributed by atoms with Gasteiger partial charge in [-0.2, -0.15) is 5.26 Å². The summed E-state index contributed by atoms with van der Waals surface area (Å²) < 4.78 is 5.32. The second kappa shape index (κ2) is 5.70. The Morgan fingerprint density at radius 1 is 1.53 bits per heavy atom. The van der Waals surface area contributed by atoms with Crippen LogP contribution in [0.3, 0.4) is 0 Å². The lowest BCUT2D eigenvalue weighted by Crippen LogP contribution is -2.19. The number of fused-ring (bicyclic) bond motifs is 1. The number of rotatable bonds is 5. The molecule has 0 radical (unpaired) electrons. The Labute approximate surface area is 102 Å². The van der Waals surface area contributed by atoms with Crippen LogP contribution in [0, 0.1) is 11.3 Å². The normalized spacial score (nSPS) is 17.5. The van der Waals surface area contributed by atoms with Crippen LogP contribution in [0.4, 0.5) is 0 Å². The Morgan fingerprint density at radius 2 is 2.41 bits per heavy atom. The zero-order valence-electron chi connectivity index (χ0n) is 10.2. The highest BCUT2D eigenvalue weighted by molar-refractivity contribution is 5.40. The van der Waals surface area contributed by atoms with Crippen LogP contribution in [0.25, 0.3) is 0 Å². The summed E-state index contributed by atoms with van der Waals surface area (Å²) in [4.78, 5) is 0. The molecular formula is C14H18N2O. The van der Waals surface area contributed by atoms with E-state index in [1.807, 2.05) is 12.1 Å². The summed E-state index contributed by atoms with van der Waals surface area (Å²) in [6.07, 6.45) is 3.42. The maximum absolute atomic E-state index is 8.48. The number of benzene rings is 1. The average molecular weight is 230 g/mol. The van der Waals surface area contributed by atoms with Crippen molar-refractivity contribution < 1.29 is 4.74 Å². The molecule has 0 heterocycles. The van der Waals surface area contributed by atoms with Crippen molar-refractivity contribution >= 4 is 0 Å². The number of nitrogens with zero attached hydrogens (tertiary/aromatic N) is 1. The van der Waals surface area contributed by atoms with Crippen LogP contribution < -0.4 is 10.1 Å². The van der Waals surface area contributed by atoms with Crippen molar-refractivity contribution in [3.63, 3.8) is 0 Å². The van der Waals surface area contributed by atoms with Crippen molar-refractivity contribution in [1.82, 2.24) is 5.32 Å². The lowest BCUT2D eigenvalue weighted by Gasteiger charge is -2.13. The molecule has 1 N–H and O–H groups in total. The molecule has 1 aromatic rings. The smallest absolute Gasteiger partial charge is 0.174 e. The molecule has 1 atom stereocenters. The van der Waals surface area contributed by atoms with E-state index in [1.54, 1.807) is 0 Å². The van der Waals surface area contributed by atoms with Gasteiger partial charge in [-0.15, -0.1) is 0 Å². The van der Waals surface area contributed by atoms with Crippen molar-refractivity contribution in [2.75, 3.05) is 13.2 Å². The van der Waals surface area contributed by atoms with Crippen molar-refractivity contribution in [3.05, 3.63) is 29.3 Å². The minimum atomic E-state index is 0.121. The molecule has 0 amide bonds. The number of hydrogen-bond donors (Lipinski definition) is 1. The molecule has 1 aliphatic carbocycles. The fraction of sp³-hybridized carbons (Fsp3) is 0.500. The molecule has 0 aliphatic heterocycles. The lowest BCUT2D eigenvalue weighted by atomic mass is 10.1. The zero-order chi connectivity index (χ0) is 12.1. The van der Waals surface area contributed by atoms with Crippen LogP contribution in [0.2, 0.25) is 0 Å². The molecule has 3 nitrogen and oxygen atoms in total. The van der Waals surface area contributed by atoms with Gasteiger partial charge >= 0.3 is 0 Å². The van der Waals surface area contributed by atoms with Gasteiger partial charge in [0, 0.05) is 6.04 Å². The van der Waals surface area contributed by atoms with E-state index in [0.29, 0.717) is 6.04 Å². The zero-order valence-corrected chi connectivity index (χ0v) is 10.2. The number of nitriles is 1. The van der Waals surface area contributed by atoms with Gasteiger partial charge in [0.05, 0.1) is 0 Å². The standard InChI is InChI=1S/C14H18N2O/c1-2-8-16-14-6-3-11-10-12(17-9-7-15)4-5-13(11)14/h4-5,10,14,16H,2-3,6,8-9H2,1H3. The second-order valence-corrected chi connectivity index (χ2v) is 4.35. The highest BCUT2D eigenvalue weighted by Gasteiger charge is 2.21. The van der Waals surface area contributed by atoms with Crippen molar-refractivity contribution in [3.8, 4) is 11.8 Å². The minimum Gasteiger partial charge on any atom is -0.479 e. The van der Waals surface area contributed by atoms with Crippen LogP contribution in [0.1, 0.15) is 36.9 Å². The Balaban J connectivity index is 2.06. The molecule has 1 aromatic carbocycles. The molecule has 0 bridgehead atoms. The van der Waals surface area contributed by atoms with Crippen molar-refractivity contribution in [2.24, 2.45) is 0 Å². The van der Waals surface area contributed by atoms with E-state index in [4.69, 9.17) is 10.00 Å². The first-order valence-corrected chi connectivity index (χ1v) is 6.21. The summed E-state index contributed by atoms with van der Waals surface area (Å²) in [5.41, 5.74) is 2.75. The number of ether oxygens (including phenoxy) is 1. The SMILES string of the molecule is CCCNC1CCc2cc(OCC#N)ccc21. The van der Waals surface area contributed by atoms with Gasteiger partial charge in [0.2, 0.25) is 0 Å². The van der Waals surface area contributed by atoms with Crippen LogP contribution in [0.15, 0.2) is 18.2 Å². The van der Waals surface area contributed by atoms with E-state index in [-0.39, 0.29) is 6.61 Å². The van der Waals surface area contributed by atoms with Gasteiger partial charge in [0.15, 0.2) is 6.61 Å². The predicted octanol–water partition coefficient (Wildman–Crippen LogP) is 2.58. The molecule has 0 saturated carbocycles. The van der Waals surface area contributed by atoms with E-state index in [0.717, 1.165) is 31.6 Å². The second-order valence-electron chi connectivity index (χ2n) is 4.35. The first-order valence-electron chi connectivity index (χ1n) is 6.21. The van der Waals surface area contributed by atoms with E-state index >= 15 is 0 Å². The van der Waals surface area contributed by atoms with E-state index in [2.05, 4.69) is 24.4 Å². The van der Waals surface area contributed by atoms with Crippen molar-refractivity contribution in [2.45, 2.75) is 32.2 Å². The number of hydrogen-bond acceptors (Lipinski definition) is 3. The van der Waals surface area contributed by atoms with Crippen LogP contribution in [0.5, 0.6) is 5.75 Å². The van der Waals surface area contributed by atoms with Crippen LogP contribution >= 0.6 is 0 Å². The third-order valence-corrected chi connectivity index (χ3v) is 3.14. The van der Waals surface area contributed by atoms with E-state index in [1.165, 1.54) is 11.1 Å². The van der Waals surface area contributed by atoms with Gasteiger partial charge in [-0.25, -0.2) is 0 Å². The monoisotopic (exact) mass is 230 g/mol. The third kappa shape index (κ3) is 2.78. The lowest BCUT2D eigenvalue weighted by molar-refractivity contribution is 0.368. The summed E-state index contributed by atoms with van der Waals surface area (Å²) >= 11 is 0. The number of nitrogens with one attached hydrogen (secondary N) is 1. The molecule has 17 heavy (non-hydrogen) atoms. The van der Waals surface area contributed by atoms with Crippen LogP contribution in [-0.4, -0.2) is 13.2 Å². The molecule has 0 spiro atoms. The summed E-state index contributed by atoms with van der Waals surface area (Å²) in [5.74, 6) is 0.807. The van der Waals surface area contributed by atoms with Gasteiger partial charge in [0.1, 0.15) is 11.8 Å². The molecule has 2 rings (SSSR count). The molecule has 90 valence electrons. The van der Waals surface area contributed by atoms with Gasteiger partial charge in [-0.3, -0.25) is 0 Å². The van der Waals surface area contributed by atoms with Gasteiger partial charge < -0.3 is 10.1 Å². The first-order chi connectivity index (χ1) is 8.35. The van der Waals surface area contributed by atoms with Crippen molar-refractivity contribution in [1.29, 1.82) is 5.26 Å². The summed E-state index contributed by atoms with van der Waals surface area (Å²) in [5, 5.41) is 12.0. The largest absolute Gasteiger partial charge is 0.479 e. The van der Waals surface area contributed by atoms with Gasteiger partial charge in [0.25, 0.3) is 0 Å². The average Bonchev–Trinajstić information content (AvgIpc) is 2.76. The maximum atomic E-state index is 8.48. The molecule has 0 saturated heterocycles. The Hall–Kier alpha value is -1.53. The van der Waals surface area contributed by atoms with Gasteiger partial charge in [-0.1, -0.05) is 13.0 Å². The Bertz CT molecular complexity index is 423. The fourth-order valence-electron chi connectivity index (χ4n) is 2.33. The highest BCUT2D eigenvalue weighted by atomic mass is 16.5. The molecule has 1 aliphatic rings. The summed E-state index contributed by atoms with van der Waals surface area (Å²) in [7, 11) is 0. The Kier molecular flexibility index (Phi) is 4.00. The van der Waals surface area contributed by atoms with E-state index in [9.17, 15) is 0 Å². The van der Waals surface area contributed by atoms with E-state index < -0.39 is 0 Å². The third-order valence-electron chi connectivity index (χ3n) is 3.14. The molecule has 0 aromatic heterocycles. The summed E-state index contributed by atoms with van der Waals surface area (Å²) in [6, 6.07) is 8.64. The first kappa shape index (κ1) is 11.9. The highest BCUT2D eigenvalue weighted by Crippen LogP contribution is 2.33. The molecule has 0 fully saturated rings. The maximum Gasteiger partial charge on any atom is 0.174 e. The van der Waals surface area contributed by atoms with Crippen LogP contribution in [-0.2, 0) is 6.42 Å². The molecule has 3 heteroatoms. The molecule has 1 unspecified atom stereocenters. The fourth-order valence-corrected chi connectivity index (χ4v) is 2.33. The van der Waals surface area contributed by atoms with Gasteiger partial charge in [-0.05, 0) is 49.1 Å².